The average molecular weight is 254 g/mol. The van der Waals surface area contributed by atoms with Gasteiger partial charge in [-0.05, 0) is 28.1 Å². The van der Waals surface area contributed by atoms with Gasteiger partial charge in [-0.1, -0.05) is 0 Å². The molecule has 1 aromatic heterocycles. The largest absolute Gasteiger partial charge is 0.355 e. The molecule has 0 atom stereocenters. The van der Waals surface area contributed by atoms with E-state index in [0.29, 0.717) is 5.41 Å². The summed E-state index contributed by atoms with van der Waals surface area (Å²) >= 11 is 3.39. The quantitative estimate of drug-likeness (QED) is 0.817. The van der Waals surface area contributed by atoms with Gasteiger partial charge in [0.25, 0.3) is 0 Å². The van der Waals surface area contributed by atoms with E-state index in [1.807, 2.05) is 12.3 Å². The first-order valence-corrected chi connectivity index (χ1v) is 5.64. The molecule has 0 aromatic carbocycles. The van der Waals surface area contributed by atoms with E-state index in [-0.39, 0.29) is 0 Å². The lowest BCUT2D eigenvalue weighted by Crippen LogP contribution is -2.71. The molecule has 14 heavy (non-hydrogen) atoms. The van der Waals surface area contributed by atoms with Crippen LogP contribution in [0.25, 0.3) is 0 Å². The molecule has 2 saturated heterocycles. The average Bonchev–Trinajstić information content (AvgIpc) is 2.03. The maximum Gasteiger partial charge on any atom is 0.128 e. The van der Waals surface area contributed by atoms with Crippen LogP contribution in [0.15, 0.2) is 22.8 Å². The molecular weight excluding hydrogens is 242 g/mol. The van der Waals surface area contributed by atoms with Crippen LogP contribution in [-0.4, -0.2) is 31.2 Å². The summed E-state index contributed by atoms with van der Waals surface area (Å²) in [7, 11) is 0. The topological polar surface area (TPSA) is 28.2 Å². The number of hydrogen-bond donors (Lipinski definition) is 1. The maximum absolute atomic E-state index is 4.38. The molecule has 0 unspecified atom stereocenters. The van der Waals surface area contributed by atoms with Gasteiger partial charge < -0.3 is 10.2 Å². The van der Waals surface area contributed by atoms with Crippen molar-refractivity contribution in [1.82, 2.24) is 10.3 Å². The summed E-state index contributed by atoms with van der Waals surface area (Å²) in [6.07, 6.45) is 1.86. The molecule has 0 amide bonds. The van der Waals surface area contributed by atoms with Crippen molar-refractivity contribution in [3.05, 3.63) is 22.8 Å². The van der Waals surface area contributed by atoms with Crippen LogP contribution >= 0.6 is 15.9 Å². The number of nitrogens with one attached hydrogen (secondary N) is 1. The third-order valence-electron chi connectivity index (χ3n) is 3.09. The lowest BCUT2D eigenvalue weighted by molar-refractivity contribution is 0.120. The molecule has 1 N–H and O–H groups in total. The second kappa shape index (κ2) is 2.94. The molecule has 0 saturated carbocycles. The molecule has 2 aliphatic rings. The summed E-state index contributed by atoms with van der Waals surface area (Å²) in [5.74, 6) is 1.10. The summed E-state index contributed by atoms with van der Waals surface area (Å²) in [4.78, 5) is 6.72. The highest BCUT2D eigenvalue weighted by Gasteiger charge is 2.47. The number of aromatic nitrogens is 1. The number of rotatable bonds is 1. The Balaban J connectivity index is 1.70. The minimum absolute atomic E-state index is 0.578. The van der Waals surface area contributed by atoms with Gasteiger partial charge >= 0.3 is 0 Å². The Bertz CT molecular complexity index is 337. The summed E-state index contributed by atoms with van der Waals surface area (Å²) < 4.78 is 1.04. The van der Waals surface area contributed by atoms with Crippen LogP contribution in [0.4, 0.5) is 5.82 Å². The van der Waals surface area contributed by atoms with E-state index < -0.39 is 0 Å². The molecule has 3 nitrogen and oxygen atoms in total. The smallest absolute Gasteiger partial charge is 0.128 e. The molecule has 3 rings (SSSR count). The summed E-state index contributed by atoms with van der Waals surface area (Å²) in [6.45, 7) is 4.68. The van der Waals surface area contributed by atoms with Gasteiger partial charge in [-0.15, -0.1) is 0 Å². The van der Waals surface area contributed by atoms with Crippen molar-refractivity contribution in [2.45, 2.75) is 0 Å². The molecule has 0 bridgehead atoms. The van der Waals surface area contributed by atoms with Gasteiger partial charge in [0.05, 0.1) is 0 Å². The van der Waals surface area contributed by atoms with Crippen LogP contribution in [0.3, 0.4) is 0 Å². The van der Waals surface area contributed by atoms with Crippen molar-refractivity contribution in [3.63, 3.8) is 0 Å². The SMILES string of the molecule is Brc1ccc(N2CC3(CNC3)C2)nc1. The van der Waals surface area contributed by atoms with E-state index >= 15 is 0 Å². The first kappa shape index (κ1) is 8.68. The van der Waals surface area contributed by atoms with E-state index in [1.165, 1.54) is 13.1 Å². The van der Waals surface area contributed by atoms with Gasteiger partial charge in [0.15, 0.2) is 0 Å². The van der Waals surface area contributed by atoms with Gasteiger partial charge in [-0.3, -0.25) is 0 Å². The van der Waals surface area contributed by atoms with Crippen molar-refractivity contribution in [1.29, 1.82) is 0 Å². The lowest BCUT2D eigenvalue weighted by Gasteiger charge is -2.56. The first-order valence-electron chi connectivity index (χ1n) is 4.85. The lowest BCUT2D eigenvalue weighted by atomic mass is 9.74. The highest BCUT2D eigenvalue weighted by atomic mass is 79.9. The highest BCUT2D eigenvalue weighted by molar-refractivity contribution is 9.10. The Morgan fingerprint density at radius 2 is 2.14 bits per heavy atom. The maximum atomic E-state index is 4.38. The van der Waals surface area contributed by atoms with Crippen molar-refractivity contribution in [3.8, 4) is 0 Å². The summed E-state index contributed by atoms with van der Waals surface area (Å²) in [6, 6.07) is 4.12. The van der Waals surface area contributed by atoms with Gasteiger partial charge in [0, 0.05) is 42.3 Å². The predicted octanol–water partition coefficient (Wildman–Crippen LogP) is 1.25. The van der Waals surface area contributed by atoms with Crippen LogP contribution in [0, 0.1) is 5.41 Å². The van der Waals surface area contributed by atoms with Crippen molar-refractivity contribution < 1.29 is 0 Å². The number of nitrogens with zero attached hydrogens (tertiary/aromatic N) is 2. The Labute approximate surface area is 91.6 Å². The van der Waals surface area contributed by atoms with E-state index in [9.17, 15) is 0 Å². The third-order valence-corrected chi connectivity index (χ3v) is 3.56. The van der Waals surface area contributed by atoms with Gasteiger partial charge in [-0.2, -0.15) is 0 Å². The molecule has 2 aliphatic heterocycles. The fraction of sp³-hybridized carbons (Fsp3) is 0.500. The molecule has 1 spiro atoms. The van der Waals surface area contributed by atoms with Gasteiger partial charge in [0.2, 0.25) is 0 Å². The normalized spacial score (nSPS) is 23.1. The Kier molecular flexibility index (Phi) is 1.82. The van der Waals surface area contributed by atoms with Crippen LogP contribution < -0.4 is 10.2 Å². The first-order chi connectivity index (χ1) is 6.77. The monoisotopic (exact) mass is 253 g/mol. The van der Waals surface area contributed by atoms with Gasteiger partial charge in [-0.25, -0.2) is 4.98 Å². The Morgan fingerprint density at radius 3 is 2.64 bits per heavy atom. The molecule has 1 aromatic rings. The third kappa shape index (κ3) is 1.25. The van der Waals surface area contributed by atoms with Crippen molar-refractivity contribution in [2.75, 3.05) is 31.1 Å². The number of anilines is 1. The van der Waals surface area contributed by atoms with Gasteiger partial charge in [0.1, 0.15) is 5.82 Å². The zero-order chi connectivity index (χ0) is 9.60. The van der Waals surface area contributed by atoms with Crippen LogP contribution in [0.1, 0.15) is 0 Å². The molecule has 74 valence electrons. The fourth-order valence-corrected chi connectivity index (χ4v) is 2.42. The molecule has 0 radical (unpaired) electrons. The minimum atomic E-state index is 0.578. The second-order valence-electron chi connectivity index (χ2n) is 4.29. The summed E-state index contributed by atoms with van der Waals surface area (Å²) in [5.41, 5.74) is 0.578. The van der Waals surface area contributed by atoms with Crippen LogP contribution in [-0.2, 0) is 0 Å². The zero-order valence-corrected chi connectivity index (χ0v) is 9.42. The number of pyridine rings is 1. The number of hydrogen-bond acceptors (Lipinski definition) is 3. The number of halogens is 1. The molecule has 0 aliphatic carbocycles. The molecule has 4 heteroatoms. The minimum Gasteiger partial charge on any atom is -0.355 e. The van der Waals surface area contributed by atoms with E-state index in [0.717, 1.165) is 23.4 Å². The van der Waals surface area contributed by atoms with E-state index in [4.69, 9.17) is 0 Å². The van der Waals surface area contributed by atoms with E-state index in [1.54, 1.807) is 0 Å². The summed E-state index contributed by atoms with van der Waals surface area (Å²) in [5, 5.41) is 3.33. The zero-order valence-electron chi connectivity index (χ0n) is 7.83. The highest BCUT2D eigenvalue weighted by Crippen LogP contribution is 2.36. The standard InChI is InChI=1S/C10H12BrN3/c11-8-1-2-9(13-3-8)14-6-10(7-14)4-12-5-10/h1-3,12H,4-7H2. The molecular formula is C10H12BrN3. The van der Waals surface area contributed by atoms with Crippen molar-refractivity contribution >= 4 is 21.7 Å². The van der Waals surface area contributed by atoms with Crippen LogP contribution in [0.2, 0.25) is 0 Å². The second-order valence-corrected chi connectivity index (χ2v) is 5.21. The van der Waals surface area contributed by atoms with Crippen molar-refractivity contribution in [2.24, 2.45) is 5.41 Å². The molecule has 2 fully saturated rings. The van der Waals surface area contributed by atoms with E-state index in [2.05, 4.69) is 37.2 Å². The Morgan fingerprint density at radius 1 is 1.36 bits per heavy atom. The molecule has 3 heterocycles. The fourth-order valence-electron chi connectivity index (χ4n) is 2.18. The Hall–Kier alpha value is -0.610. The van der Waals surface area contributed by atoms with Crippen LogP contribution in [0.5, 0.6) is 0 Å². The predicted molar refractivity (Wildman–Crippen MR) is 59.5 cm³/mol.